The van der Waals surface area contributed by atoms with Gasteiger partial charge < -0.3 is 10.6 Å². The number of carbonyl (C=O) groups excluding carboxylic acids is 1. The summed E-state index contributed by atoms with van der Waals surface area (Å²) in [5.74, 6) is 2.12. The van der Waals surface area contributed by atoms with Crippen molar-refractivity contribution < 1.29 is 4.79 Å². The highest BCUT2D eigenvalue weighted by molar-refractivity contribution is 5.79. The summed E-state index contributed by atoms with van der Waals surface area (Å²) in [6.07, 6.45) is 5.01. The summed E-state index contributed by atoms with van der Waals surface area (Å²) in [5, 5.41) is 0. The SMILES string of the molecule is CCN(Cc1cccc(N)c1)C(=O)C1CC2CCC1C2. The molecule has 0 aliphatic heterocycles. The molecule has 1 aromatic rings. The molecule has 3 unspecified atom stereocenters. The molecular formula is C17H24N2O. The van der Waals surface area contributed by atoms with Crippen molar-refractivity contribution in [2.45, 2.75) is 39.2 Å². The molecule has 0 spiro atoms. The van der Waals surface area contributed by atoms with Gasteiger partial charge in [-0.25, -0.2) is 0 Å². The molecule has 2 aliphatic carbocycles. The highest BCUT2D eigenvalue weighted by Crippen LogP contribution is 2.48. The predicted octanol–water partition coefficient (Wildman–Crippen LogP) is 3.05. The monoisotopic (exact) mass is 272 g/mol. The van der Waals surface area contributed by atoms with Gasteiger partial charge in [0.25, 0.3) is 0 Å². The molecule has 3 heteroatoms. The van der Waals surface area contributed by atoms with E-state index in [1.807, 2.05) is 29.2 Å². The molecule has 108 valence electrons. The molecule has 1 aromatic carbocycles. The van der Waals surface area contributed by atoms with Crippen LogP contribution in [0.5, 0.6) is 0 Å². The van der Waals surface area contributed by atoms with Crippen molar-refractivity contribution in [2.75, 3.05) is 12.3 Å². The molecule has 2 N–H and O–H groups in total. The fraction of sp³-hybridized carbons (Fsp3) is 0.588. The average molecular weight is 272 g/mol. The van der Waals surface area contributed by atoms with Crippen molar-refractivity contribution in [3.63, 3.8) is 0 Å². The Kier molecular flexibility index (Phi) is 3.68. The van der Waals surface area contributed by atoms with Gasteiger partial charge in [-0.05, 0) is 55.7 Å². The molecule has 20 heavy (non-hydrogen) atoms. The first kappa shape index (κ1) is 13.5. The number of nitrogen functional groups attached to an aromatic ring is 1. The van der Waals surface area contributed by atoms with Crippen LogP contribution in [-0.4, -0.2) is 17.4 Å². The molecule has 0 heterocycles. The average Bonchev–Trinajstić information content (AvgIpc) is 3.06. The predicted molar refractivity (Wildman–Crippen MR) is 80.9 cm³/mol. The van der Waals surface area contributed by atoms with Crippen LogP contribution in [0.25, 0.3) is 0 Å². The molecule has 0 saturated heterocycles. The third-order valence-corrected chi connectivity index (χ3v) is 5.07. The lowest BCUT2D eigenvalue weighted by atomic mass is 9.87. The molecule has 2 fully saturated rings. The van der Waals surface area contributed by atoms with Gasteiger partial charge in [0.1, 0.15) is 0 Å². The van der Waals surface area contributed by atoms with E-state index in [1.165, 1.54) is 19.3 Å². The maximum Gasteiger partial charge on any atom is 0.226 e. The Morgan fingerprint density at radius 1 is 1.35 bits per heavy atom. The number of rotatable bonds is 4. The first-order valence-corrected chi connectivity index (χ1v) is 7.80. The van der Waals surface area contributed by atoms with Gasteiger partial charge in [-0.3, -0.25) is 4.79 Å². The Morgan fingerprint density at radius 3 is 2.80 bits per heavy atom. The minimum atomic E-state index is 0.287. The summed E-state index contributed by atoms with van der Waals surface area (Å²) in [6.45, 7) is 3.53. The zero-order valence-corrected chi connectivity index (χ0v) is 12.2. The number of anilines is 1. The fourth-order valence-corrected chi connectivity index (χ4v) is 4.04. The molecule has 3 nitrogen and oxygen atoms in total. The zero-order chi connectivity index (χ0) is 14.1. The largest absolute Gasteiger partial charge is 0.399 e. The van der Waals surface area contributed by atoms with E-state index in [2.05, 4.69) is 6.92 Å². The van der Waals surface area contributed by atoms with Gasteiger partial charge in [-0.2, -0.15) is 0 Å². The van der Waals surface area contributed by atoms with E-state index in [1.54, 1.807) is 0 Å². The zero-order valence-electron chi connectivity index (χ0n) is 12.2. The lowest BCUT2D eigenvalue weighted by molar-refractivity contribution is -0.137. The number of hydrogen-bond acceptors (Lipinski definition) is 2. The van der Waals surface area contributed by atoms with Crippen LogP contribution in [0.1, 0.15) is 38.2 Å². The Morgan fingerprint density at radius 2 is 2.20 bits per heavy atom. The smallest absolute Gasteiger partial charge is 0.226 e. The van der Waals surface area contributed by atoms with Crippen molar-refractivity contribution in [3.8, 4) is 0 Å². The van der Waals surface area contributed by atoms with Crippen LogP contribution in [0.3, 0.4) is 0 Å². The first-order valence-electron chi connectivity index (χ1n) is 7.80. The number of hydrogen-bond donors (Lipinski definition) is 1. The molecule has 2 bridgehead atoms. The van der Waals surface area contributed by atoms with E-state index in [4.69, 9.17) is 5.73 Å². The van der Waals surface area contributed by atoms with E-state index in [-0.39, 0.29) is 5.92 Å². The standard InChI is InChI=1S/C17H24N2O/c1-2-19(11-13-4-3-5-15(18)9-13)17(20)16-10-12-6-7-14(16)8-12/h3-5,9,12,14,16H,2,6-8,10-11,18H2,1H3. The molecule has 2 aliphatic rings. The number of benzene rings is 1. The lowest BCUT2D eigenvalue weighted by Gasteiger charge is -2.28. The third-order valence-electron chi connectivity index (χ3n) is 5.07. The molecule has 3 atom stereocenters. The molecule has 2 saturated carbocycles. The molecular weight excluding hydrogens is 248 g/mol. The maximum atomic E-state index is 12.8. The van der Waals surface area contributed by atoms with Crippen molar-refractivity contribution >= 4 is 11.6 Å². The number of fused-ring (bicyclic) bond motifs is 2. The van der Waals surface area contributed by atoms with E-state index in [9.17, 15) is 4.79 Å². The van der Waals surface area contributed by atoms with Crippen LogP contribution >= 0.6 is 0 Å². The third kappa shape index (κ3) is 2.54. The topological polar surface area (TPSA) is 46.3 Å². The lowest BCUT2D eigenvalue weighted by Crippen LogP contribution is -2.37. The quantitative estimate of drug-likeness (QED) is 0.856. The van der Waals surface area contributed by atoms with Crippen LogP contribution < -0.4 is 5.73 Å². The summed E-state index contributed by atoms with van der Waals surface area (Å²) in [4.78, 5) is 14.8. The molecule has 0 radical (unpaired) electrons. The van der Waals surface area contributed by atoms with Crippen molar-refractivity contribution in [1.82, 2.24) is 4.90 Å². The fourth-order valence-electron chi connectivity index (χ4n) is 4.04. The number of nitrogens with two attached hydrogens (primary N) is 1. The summed E-state index contributed by atoms with van der Waals surface area (Å²) in [7, 11) is 0. The Hall–Kier alpha value is -1.51. The summed E-state index contributed by atoms with van der Waals surface area (Å²) in [6, 6.07) is 7.86. The van der Waals surface area contributed by atoms with E-state index in [0.717, 1.165) is 30.1 Å². The Labute approximate surface area is 121 Å². The van der Waals surface area contributed by atoms with E-state index in [0.29, 0.717) is 18.4 Å². The summed E-state index contributed by atoms with van der Waals surface area (Å²) in [5.41, 5.74) is 7.72. The van der Waals surface area contributed by atoms with Gasteiger partial charge in [0.15, 0.2) is 0 Å². The molecule has 1 amide bonds. The maximum absolute atomic E-state index is 12.8. The van der Waals surface area contributed by atoms with Crippen molar-refractivity contribution in [3.05, 3.63) is 29.8 Å². The van der Waals surface area contributed by atoms with Crippen LogP contribution in [0.15, 0.2) is 24.3 Å². The number of nitrogens with zero attached hydrogens (tertiary/aromatic N) is 1. The summed E-state index contributed by atoms with van der Waals surface area (Å²) >= 11 is 0. The minimum Gasteiger partial charge on any atom is -0.399 e. The molecule has 0 aromatic heterocycles. The Balaban J connectivity index is 1.68. The van der Waals surface area contributed by atoms with Crippen molar-refractivity contribution in [1.29, 1.82) is 0 Å². The minimum absolute atomic E-state index is 0.287. The van der Waals surface area contributed by atoms with Crippen molar-refractivity contribution in [2.24, 2.45) is 17.8 Å². The van der Waals surface area contributed by atoms with Gasteiger partial charge in [-0.15, -0.1) is 0 Å². The van der Waals surface area contributed by atoms with Gasteiger partial charge in [-0.1, -0.05) is 18.6 Å². The second kappa shape index (κ2) is 5.47. The highest BCUT2D eigenvalue weighted by atomic mass is 16.2. The van der Waals surface area contributed by atoms with Gasteiger partial charge >= 0.3 is 0 Å². The number of carbonyl (C=O) groups is 1. The Bertz CT molecular complexity index is 500. The van der Waals surface area contributed by atoms with Gasteiger partial charge in [0.2, 0.25) is 5.91 Å². The van der Waals surface area contributed by atoms with Crippen LogP contribution in [0, 0.1) is 17.8 Å². The normalized spacial score (nSPS) is 27.8. The van der Waals surface area contributed by atoms with Gasteiger partial charge in [0, 0.05) is 24.7 Å². The van der Waals surface area contributed by atoms with Crippen LogP contribution in [-0.2, 0) is 11.3 Å². The van der Waals surface area contributed by atoms with E-state index < -0.39 is 0 Å². The second-order valence-electron chi connectivity index (χ2n) is 6.38. The number of amides is 1. The summed E-state index contributed by atoms with van der Waals surface area (Å²) < 4.78 is 0. The second-order valence-corrected chi connectivity index (χ2v) is 6.38. The van der Waals surface area contributed by atoms with E-state index >= 15 is 0 Å². The first-order chi connectivity index (χ1) is 9.67. The van der Waals surface area contributed by atoms with Gasteiger partial charge in [0.05, 0.1) is 0 Å². The van der Waals surface area contributed by atoms with Crippen LogP contribution in [0.2, 0.25) is 0 Å². The molecule has 3 rings (SSSR count). The highest BCUT2D eigenvalue weighted by Gasteiger charge is 2.44. The van der Waals surface area contributed by atoms with Crippen LogP contribution in [0.4, 0.5) is 5.69 Å².